The lowest BCUT2D eigenvalue weighted by molar-refractivity contribution is -0.140. The lowest BCUT2D eigenvalue weighted by Crippen LogP contribution is -2.33. The van der Waals surface area contributed by atoms with Crippen LogP contribution in [0.5, 0.6) is 0 Å². The van der Waals surface area contributed by atoms with E-state index in [-0.39, 0.29) is 18.8 Å². The van der Waals surface area contributed by atoms with Gasteiger partial charge >= 0.3 is 5.97 Å². The smallest absolute Gasteiger partial charge is 0.305 e. The summed E-state index contributed by atoms with van der Waals surface area (Å²) in [7, 11) is 1.35. The SMILES string of the molecule is CCCCCC(C)(O)CC[C@@]12[C@H](CC=CCCCC(=O)OC)[C@@H](O)C[C@@H]1C2(F)F. The number of unbranched alkanes of at least 4 members (excludes halogenated alkanes) is 3. The van der Waals surface area contributed by atoms with Crippen molar-refractivity contribution in [1.82, 2.24) is 0 Å². The van der Waals surface area contributed by atoms with Gasteiger partial charge in [-0.3, -0.25) is 4.79 Å². The fourth-order valence-electron chi connectivity index (χ4n) is 5.25. The molecule has 6 heteroatoms. The number of ether oxygens (including phenoxy) is 1. The van der Waals surface area contributed by atoms with Gasteiger partial charge in [0.15, 0.2) is 0 Å². The molecule has 1 unspecified atom stereocenters. The van der Waals surface area contributed by atoms with E-state index in [2.05, 4.69) is 11.7 Å². The number of halogens is 2. The Morgan fingerprint density at radius 3 is 2.62 bits per heavy atom. The fraction of sp³-hybridized carbons (Fsp3) is 0.870. The predicted molar refractivity (Wildman–Crippen MR) is 109 cm³/mol. The Morgan fingerprint density at radius 2 is 1.97 bits per heavy atom. The van der Waals surface area contributed by atoms with Crippen LogP contribution in [-0.4, -0.2) is 40.9 Å². The van der Waals surface area contributed by atoms with Crippen LogP contribution in [0.25, 0.3) is 0 Å². The summed E-state index contributed by atoms with van der Waals surface area (Å²) in [6, 6.07) is 0. The van der Waals surface area contributed by atoms with E-state index in [0.717, 1.165) is 19.3 Å². The molecule has 0 bridgehead atoms. The van der Waals surface area contributed by atoms with Gasteiger partial charge in [0.05, 0.1) is 18.8 Å². The van der Waals surface area contributed by atoms with E-state index in [4.69, 9.17) is 0 Å². The molecule has 0 heterocycles. The molecule has 2 fully saturated rings. The van der Waals surface area contributed by atoms with Gasteiger partial charge in [-0.15, -0.1) is 0 Å². The zero-order valence-corrected chi connectivity index (χ0v) is 18.1. The van der Waals surface area contributed by atoms with E-state index in [9.17, 15) is 23.8 Å². The zero-order valence-electron chi connectivity index (χ0n) is 18.1. The number of allylic oxidation sites excluding steroid dienone is 2. The number of carbonyl (C=O) groups excluding carboxylic acids is 1. The third kappa shape index (κ3) is 5.38. The van der Waals surface area contributed by atoms with Gasteiger partial charge in [0.1, 0.15) is 0 Å². The highest BCUT2D eigenvalue weighted by atomic mass is 19.3. The molecule has 2 saturated carbocycles. The second kappa shape index (κ2) is 9.86. The van der Waals surface area contributed by atoms with Crippen LogP contribution in [-0.2, 0) is 9.53 Å². The van der Waals surface area contributed by atoms with Crippen LogP contribution in [0.2, 0.25) is 0 Å². The first-order chi connectivity index (χ1) is 13.6. The standard InChI is InChI=1S/C23H38F2O4/c1-4-5-10-13-21(2,28)14-15-22-17(18(26)16-19(22)23(22,24)25)11-8-6-7-9-12-20(27)29-3/h6,8,17-19,26,28H,4-5,7,9-16H2,1-3H3/t17-,18+,19+,21?,22-/m1/s1. The average Bonchev–Trinajstić information content (AvgIpc) is 2.95. The third-order valence-electron chi connectivity index (χ3n) is 7.13. The van der Waals surface area contributed by atoms with E-state index in [1.807, 2.05) is 12.2 Å². The zero-order chi connectivity index (χ0) is 21.7. The van der Waals surface area contributed by atoms with Crippen molar-refractivity contribution in [2.24, 2.45) is 17.3 Å². The molecule has 2 N–H and O–H groups in total. The van der Waals surface area contributed by atoms with E-state index in [0.29, 0.717) is 38.5 Å². The maximum Gasteiger partial charge on any atom is 0.305 e. The Bertz CT molecular complexity index is 575. The van der Waals surface area contributed by atoms with E-state index in [1.165, 1.54) is 7.11 Å². The van der Waals surface area contributed by atoms with Gasteiger partial charge in [-0.05, 0) is 51.9 Å². The van der Waals surface area contributed by atoms with Crippen molar-refractivity contribution < 1.29 is 28.5 Å². The molecule has 2 aliphatic rings. The molecule has 0 aromatic carbocycles. The van der Waals surface area contributed by atoms with Crippen molar-refractivity contribution >= 4 is 5.97 Å². The van der Waals surface area contributed by atoms with Gasteiger partial charge in [0.25, 0.3) is 5.92 Å². The van der Waals surface area contributed by atoms with Crippen molar-refractivity contribution in [3.8, 4) is 0 Å². The number of esters is 1. The first kappa shape index (κ1) is 24.3. The van der Waals surface area contributed by atoms with Crippen LogP contribution in [0.15, 0.2) is 12.2 Å². The number of aliphatic hydroxyl groups is 2. The second-order valence-corrected chi connectivity index (χ2v) is 9.25. The molecule has 0 aromatic rings. The Hall–Kier alpha value is -1.01. The molecule has 0 amide bonds. The van der Waals surface area contributed by atoms with Crippen LogP contribution >= 0.6 is 0 Å². The van der Waals surface area contributed by atoms with Crippen molar-refractivity contribution in [1.29, 1.82) is 0 Å². The maximum atomic E-state index is 14.7. The summed E-state index contributed by atoms with van der Waals surface area (Å²) in [6.07, 6.45) is 9.47. The molecule has 0 saturated heterocycles. The highest BCUT2D eigenvalue weighted by Gasteiger charge is 2.85. The lowest BCUT2D eigenvalue weighted by atomic mass is 9.78. The second-order valence-electron chi connectivity index (χ2n) is 9.25. The van der Waals surface area contributed by atoms with Crippen molar-refractivity contribution in [3.63, 3.8) is 0 Å². The predicted octanol–water partition coefficient (Wildman–Crippen LogP) is 5.02. The Balaban J connectivity index is 1.92. The number of aliphatic hydroxyl groups excluding tert-OH is 1. The number of alkyl halides is 2. The summed E-state index contributed by atoms with van der Waals surface area (Å²) in [5, 5.41) is 21.0. The highest BCUT2D eigenvalue weighted by molar-refractivity contribution is 5.69. The molecular formula is C23H38F2O4. The Labute approximate surface area is 173 Å². The Morgan fingerprint density at radius 1 is 1.24 bits per heavy atom. The normalized spacial score (nSPS) is 32.2. The molecule has 0 spiro atoms. The van der Waals surface area contributed by atoms with Crippen LogP contribution < -0.4 is 0 Å². The van der Waals surface area contributed by atoms with E-state index >= 15 is 0 Å². The van der Waals surface area contributed by atoms with Gasteiger partial charge in [-0.25, -0.2) is 8.78 Å². The summed E-state index contributed by atoms with van der Waals surface area (Å²) in [6.45, 7) is 3.84. The highest BCUT2D eigenvalue weighted by Crippen LogP contribution is 2.78. The number of hydrogen-bond donors (Lipinski definition) is 2. The first-order valence-electron chi connectivity index (χ1n) is 11.1. The average molecular weight is 417 g/mol. The number of hydrogen-bond acceptors (Lipinski definition) is 4. The molecule has 5 atom stereocenters. The molecule has 168 valence electrons. The summed E-state index contributed by atoms with van der Waals surface area (Å²) in [5.74, 6) is -4.26. The molecule has 0 aromatic heterocycles. The molecule has 2 rings (SSSR count). The number of methoxy groups -OCH3 is 1. The van der Waals surface area contributed by atoms with Crippen LogP contribution in [0.3, 0.4) is 0 Å². The minimum atomic E-state index is -2.75. The van der Waals surface area contributed by atoms with E-state index in [1.54, 1.807) is 6.92 Å². The van der Waals surface area contributed by atoms with Gasteiger partial charge < -0.3 is 14.9 Å². The Kier molecular flexibility index (Phi) is 8.25. The van der Waals surface area contributed by atoms with Gasteiger partial charge in [0, 0.05) is 23.7 Å². The molecule has 0 radical (unpaired) electrons. The fourth-order valence-corrected chi connectivity index (χ4v) is 5.25. The monoisotopic (exact) mass is 416 g/mol. The number of carbonyl (C=O) groups is 1. The summed E-state index contributed by atoms with van der Waals surface area (Å²) in [4.78, 5) is 11.1. The van der Waals surface area contributed by atoms with Crippen molar-refractivity contribution in [2.75, 3.05) is 7.11 Å². The molecule has 29 heavy (non-hydrogen) atoms. The van der Waals surface area contributed by atoms with Gasteiger partial charge in [0.2, 0.25) is 0 Å². The third-order valence-corrected chi connectivity index (χ3v) is 7.13. The van der Waals surface area contributed by atoms with Gasteiger partial charge in [-0.2, -0.15) is 0 Å². The maximum absolute atomic E-state index is 14.7. The van der Waals surface area contributed by atoms with Crippen LogP contribution in [0.1, 0.15) is 84.5 Å². The minimum absolute atomic E-state index is 0.145. The minimum Gasteiger partial charge on any atom is -0.469 e. The van der Waals surface area contributed by atoms with Crippen molar-refractivity contribution in [2.45, 2.75) is 102 Å². The summed E-state index contributed by atoms with van der Waals surface area (Å²) >= 11 is 0. The lowest BCUT2D eigenvalue weighted by Gasteiger charge is -2.31. The van der Waals surface area contributed by atoms with Gasteiger partial charge in [-0.1, -0.05) is 38.3 Å². The quantitative estimate of drug-likeness (QED) is 0.251. The molecular weight excluding hydrogens is 378 g/mol. The van der Waals surface area contributed by atoms with Crippen molar-refractivity contribution in [3.05, 3.63) is 12.2 Å². The van der Waals surface area contributed by atoms with Crippen LogP contribution in [0.4, 0.5) is 8.78 Å². The largest absolute Gasteiger partial charge is 0.469 e. The number of rotatable bonds is 13. The van der Waals surface area contributed by atoms with Crippen LogP contribution in [0, 0.1) is 17.3 Å². The number of fused-ring (bicyclic) bond motifs is 1. The topological polar surface area (TPSA) is 66.8 Å². The van der Waals surface area contributed by atoms with E-state index < -0.39 is 34.9 Å². The summed E-state index contributed by atoms with van der Waals surface area (Å²) < 4.78 is 34.0. The molecule has 4 nitrogen and oxygen atoms in total. The molecule has 0 aliphatic heterocycles. The first-order valence-corrected chi connectivity index (χ1v) is 11.1. The molecule has 2 aliphatic carbocycles. The summed E-state index contributed by atoms with van der Waals surface area (Å²) in [5.41, 5.74) is -2.12.